The van der Waals surface area contributed by atoms with E-state index in [9.17, 15) is 4.79 Å². The highest BCUT2D eigenvalue weighted by Crippen LogP contribution is 2.19. The Morgan fingerprint density at radius 2 is 1.29 bits per heavy atom. The lowest BCUT2D eigenvalue weighted by atomic mass is 9.86. The van der Waals surface area contributed by atoms with E-state index < -0.39 is 6.04 Å². The molecule has 0 heterocycles. The summed E-state index contributed by atoms with van der Waals surface area (Å²) in [5.74, 6) is 0.0833. The molecular weight excluding hydrogens is 264 g/mol. The van der Waals surface area contributed by atoms with Crippen LogP contribution in [0.5, 0.6) is 0 Å². The molecule has 5 nitrogen and oxygen atoms in total. The number of nitrogens with two attached hydrogens (primary N) is 1. The molecule has 0 rings (SSSR count). The van der Waals surface area contributed by atoms with E-state index in [1.807, 2.05) is 25.7 Å². The van der Waals surface area contributed by atoms with Gasteiger partial charge in [0, 0.05) is 13.1 Å². The Kier molecular flexibility index (Phi) is 9.09. The normalized spacial score (nSPS) is 13.8. The van der Waals surface area contributed by atoms with E-state index in [2.05, 4.69) is 38.0 Å². The van der Waals surface area contributed by atoms with E-state index in [1.54, 1.807) is 0 Å². The highest BCUT2D eigenvalue weighted by atomic mass is 16.2. The quantitative estimate of drug-likeness (QED) is 0.692. The first kappa shape index (κ1) is 20.3. The molecule has 0 fully saturated rings. The summed E-state index contributed by atoms with van der Waals surface area (Å²) >= 11 is 0. The standard InChI is InChI=1S/C16H36N4O/c1-16(2,3)14(17)15(21)20(12-8-10-18(4)5)13-9-11-19(6)7/h14H,8-13,17H2,1-7H3/t14-/m1/s1. The zero-order valence-corrected chi connectivity index (χ0v) is 15.1. The summed E-state index contributed by atoms with van der Waals surface area (Å²) in [6.45, 7) is 9.61. The lowest BCUT2D eigenvalue weighted by Gasteiger charge is -2.32. The molecule has 0 aromatic rings. The Morgan fingerprint density at radius 1 is 0.905 bits per heavy atom. The van der Waals surface area contributed by atoms with Crippen molar-refractivity contribution in [3.8, 4) is 0 Å². The Labute approximate surface area is 131 Å². The average Bonchev–Trinajstić information content (AvgIpc) is 2.33. The highest BCUT2D eigenvalue weighted by Gasteiger charge is 2.30. The van der Waals surface area contributed by atoms with Crippen molar-refractivity contribution < 1.29 is 4.79 Å². The number of nitrogens with zero attached hydrogens (tertiary/aromatic N) is 3. The first-order valence-corrected chi connectivity index (χ1v) is 7.89. The van der Waals surface area contributed by atoms with Gasteiger partial charge in [0.05, 0.1) is 6.04 Å². The van der Waals surface area contributed by atoms with Gasteiger partial charge in [-0.25, -0.2) is 0 Å². The van der Waals surface area contributed by atoms with Gasteiger partial charge in [-0.2, -0.15) is 0 Å². The lowest BCUT2D eigenvalue weighted by molar-refractivity contribution is -0.135. The minimum atomic E-state index is -0.434. The minimum absolute atomic E-state index is 0.0833. The maximum Gasteiger partial charge on any atom is 0.240 e. The molecule has 0 aromatic carbocycles. The van der Waals surface area contributed by atoms with Gasteiger partial charge in [-0.3, -0.25) is 4.79 Å². The minimum Gasteiger partial charge on any atom is -0.341 e. The van der Waals surface area contributed by atoms with Crippen molar-refractivity contribution in [1.29, 1.82) is 0 Å². The molecule has 1 atom stereocenters. The van der Waals surface area contributed by atoms with Gasteiger partial charge < -0.3 is 20.4 Å². The van der Waals surface area contributed by atoms with Gasteiger partial charge in [0.1, 0.15) is 0 Å². The monoisotopic (exact) mass is 300 g/mol. The second kappa shape index (κ2) is 9.38. The van der Waals surface area contributed by atoms with Gasteiger partial charge in [-0.1, -0.05) is 20.8 Å². The van der Waals surface area contributed by atoms with Gasteiger partial charge in [-0.05, 0) is 59.5 Å². The van der Waals surface area contributed by atoms with Crippen LogP contribution in [0.3, 0.4) is 0 Å². The summed E-state index contributed by atoms with van der Waals surface area (Å²) in [5.41, 5.74) is 5.95. The molecule has 1 amide bonds. The van der Waals surface area contributed by atoms with E-state index in [0.29, 0.717) is 0 Å². The van der Waals surface area contributed by atoms with E-state index in [-0.39, 0.29) is 11.3 Å². The van der Waals surface area contributed by atoms with Crippen LogP contribution in [0.25, 0.3) is 0 Å². The predicted molar refractivity (Wildman–Crippen MR) is 90.4 cm³/mol. The molecular formula is C16H36N4O. The smallest absolute Gasteiger partial charge is 0.240 e. The molecule has 0 aromatic heterocycles. The number of carbonyl (C=O) groups excluding carboxylic acids is 1. The number of hydrogen-bond acceptors (Lipinski definition) is 4. The summed E-state index contributed by atoms with van der Waals surface area (Å²) in [7, 11) is 8.22. The molecule has 0 aliphatic heterocycles. The molecule has 0 aliphatic rings. The molecule has 5 heteroatoms. The maximum absolute atomic E-state index is 12.6. The Balaban J connectivity index is 4.58. The van der Waals surface area contributed by atoms with Crippen molar-refractivity contribution in [2.45, 2.75) is 39.7 Å². The van der Waals surface area contributed by atoms with E-state index in [1.165, 1.54) is 0 Å². The van der Waals surface area contributed by atoms with Crippen LogP contribution in [-0.2, 0) is 4.79 Å². The Morgan fingerprint density at radius 3 is 1.57 bits per heavy atom. The summed E-state index contributed by atoms with van der Waals surface area (Å²) in [5, 5.41) is 0. The van der Waals surface area contributed by atoms with Crippen LogP contribution >= 0.6 is 0 Å². The van der Waals surface area contributed by atoms with Gasteiger partial charge in [0.15, 0.2) is 0 Å². The van der Waals surface area contributed by atoms with Crippen LogP contribution in [0.1, 0.15) is 33.6 Å². The molecule has 0 saturated heterocycles. The number of carbonyl (C=O) groups is 1. The molecule has 0 radical (unpaired) electrons. The van der Waals surface area contributed by atoms with Gasteiger partial charge in [-0.15, -0.1) is 0 Å². The molecule has 0 saturated carbocycles. The topological polar surface area (TPSA) is 52.8 Å². The summed E-state index contributed by atoms with van der Waals surface area (Å²) in [6.07, 6.45) is 1.97. The van der Waals surface area contributed by atoms with Crippen LogP contribution < -0.4 is 5.73 Å². The fourth-order valence-corrected chi connectivity index (χ4v) is 2.05. The van der Waals surface area contributed by atoms with Gasteiger partial charge in [0.2, 0.25) is 5.91 Å². The molecule has 0 spiro atoms. The first-order chi connectivity index (χ1) is 9.55. The van der Waals surface area contributed by atoms with Crippen LogP contribution in [0.15, 0.2) is 0 Å². The summed E-state index contributed by atoms with van der Waals surface area (Å²) in [6, 6.07) is -0.434. The molecule has 126 valence electrons. The van der Waals surface area contributed by atoms with Crippen LogP contribution in [-0.4, -0.2) is 81.0 Å². The lowest BCUT2D eigenvalue weighted by Crippen LogP contribution is -2.51. The predicted octanol–water partition coefficient (Wildman–Crippen LogP) is 1.09. The molecule has 0 aliphatic carbocycles. The fraction of sp³-hybridized carbons (Fsp3) is 0.938. The van der Waals surface area contributed by atoms with E-state index in [4.69, 9.17) is 5.73 Å². The summed E-state index contributed by atoms with van der Waals surface area (Å²) in [4.78, 5) is 18.9. The van der Waals surface area contributed by atoms with Crippen molar-refractivity contribution in [3.63, 3.8) is 0 Å². The zero-order chi connectivity index (χ0) is 16.6. The molecule has 0 bridgehead atoms. The second-order valence-corrected chi connectivity index (χ2v) is 7.48. The first-order valence-electron chi connectivity index (χ1n) is 7.89. The Bertz CT molecular complexity index is 283. The molecule has 2 N–H and O–H groups in total. The van der Waals surface area contributed by atoms with Crippen LogP contribution in [0.4, 0.5) is 0 Å². The third kappa shape index (κ3) is 9.06. The number of amides is 1. The maximum atomic E-state index is 12.6. The van der Waals surface area contributed by atoms with Crippen molar-refractivity contribution >= 4 is 5.91 Å². The van der Waals surface area contributed by atoms with Crippen molar-refractivity contribution in [3.05, 3.63) is 0 Å². The summed E-state index contributed by atoms with van der Waals surface area (Å²) < 4.78 is 0. The van der Waals surface area contributed by atoms with Gasteiger partial charge in [0.25, 0.3) is 0 Å². The zero-order valence-electron chi connectivity index (χ0n) is 15.1. The highest BCUT2D eigenvalue weighted by molar-refractivity contribution is 5.82. The molecule has 0 unspecified atom stereocenters. The number of rotatable bonds is 9. The van der Waals surface area contributed by atoms with Crippen LogP contribution in [0, 0.1) is 5.41 Å². The average molecular weight is 300 g/mol. The third-order valence-electron chi connectivity index (χ3n) is 3.58. The van der Waals surface area contributed by atoms with Crippen molar-refractivity contribution in [2.75, 3.05) is 54.4 Å². The van der Waals surface area contributed by atoms with Crippen molar-refractivity contribution in [1.82, 2.24) is 14.7 Å². The van der Waals surface area contributed by atoms with E-state index in [0.717, 1.165) is 39.0 Å². The van der Waals surface area contributed by atoms with E-state index >= 15 is 0 Å². The Hall–Kier alpha value is -0.650. The molecule has 21 heavy (non-hydrogen) atoms. The fourth-order valence-electron chi connectivity index (χ4n) is 2.05. The second-order valence-electron chi connectivity index (χ2n) is 7.48. The SMILES string of the molecule is CN(C)CCCN(CCCN(C)C)C(=O)[C@@H](N)C(C)(C)C. The number of hydrogen-bond donors (Lipinski definition) is 1. The van der Waals surface area contributed by atoms with Gasteiger partial charge >= 0.3 is 0 Å². The van der Waals surface area contributed by atoms with Crippen molar-refractivity contribution in [2.24, 2.45) is 11.1 Å². The third-order valence-corrected chi connectivity index (χ3v) is 3.58. The van der Waals surface area contributed by atoms with Crippen LogP contribution in [0.2, 0.25) is 0 Å². The largest absolute Gasteiger partial charge is 0.341 e.